The van der Waals surface area contributed by atoms with Crippen LogP contribution in [0.4, 0.5) is 11.8 Å². The van der Waals surface area contributed by atoms with E-state index >= 15 is 0 Å². The van der Waals surface area contributed by atoms with Crippen LogP contribution >= 0.6 is 0 Å². The molecule has 0 bridgehead atoms. The molecular formula is C13H23N5. The zero-order valence-corrected chi connectivity index (χ0v) is 11.6. The van der Waals surface area contributed by atoms with E-state index in [2.05, 4.69) is 41.1 Å². The van der Waals surface area contributed by atoms with Crippen molar-refractivity contribution < 1.29 is 0 Å². The molecule has 100 valence electrons. The minimum absolute atomic E-state index is 0.480. The standard InChI is InChI=1S/C13H23N5/c1-8-5-9(2)11(4)18(7-8)12-10(3)6-15-13(16-12)17-14/h6,8-9,11H,5,7,14H2,1-4H3,(H,15,16,17). The van der Waals surface area contributed by atoms with Crippen LogP contribution in [0.3, 0.4) is 0 Å². The predicted molar refractivity (Wildman–Crippen MR) is 74.3 cm³/mol. The summed E-state index contributed by atoms with van der Waals surface area (Å²) < 4.78 is 0. The van der Waals surface area contributed by atoms with Gasteiger partial charge in [0.15, 0.2) is 0 Å². The van der Waals surface area contributed by atoms with Crippen molar-refractivity contribution in [3.8, 4) is 0 Å². The molecule has 1 saturated heterocycles. The van der Waals surface area contributed by atoms with Gasteiger partial charge in [-0.15, -0.1) is 0 Å². The van der Waals surface area contributed by atoms with E-state index in [1.54, 1.807) is 0 Å². The van der Waals surface area contributed by atoms with Gasteiger partial charge in [0, 0.05) is 24.3 Å². The fourth-order valence-corrected chi connectivity index (χ4v) is 2.79. The second-order valence-electron chi connectivity index (χ2n) is 5.56. The smallest absolute Gasteiger partial charge is 0.239 e. The third-order valence-electron chi connectivity index (χ3n) is 3.94. The van der Waals surface area contributed by atoms with E-state index in [0.717, 1.165) is 17.9 Å². The minimum atomic E-state index is 0.480. The van der Waals surface area contributed by atoms with E-state index in [-0.39, 0.29) is 0 Å². The van der Waals surface area contributed by atoms with Gasteiger partial charge in [0.05, 0.1) is 0 Å². The quantitative estimate of drug-likeness (QED) is 0.619. The molecule has 0 radical (unpaired) electrons. The highest BCUT2D eigenvalue weighted by molar-refractivity contribution is 5.50. The van der Waals surface area contributed by atoms with Crippen molar-refractivity contribution in [2.75, 3.05) is 16.9 Å². The van der Waals surface area contributed by atoms with Crippen LogP contribution in [0.25, 0.3) is 0 Å². The van der Waals surface area contributed by atoms with E-state index in [1.807, 2.05) is 13.1 Å². The first-order valence-corrected chi connectivity index (χ1v) is 6.59. The Bertz CT molecular complexity index is 420. The van der Waals surface area contributed by atoms with Crippen molar-refractivity contribution in [3.63, 3.8) is 0 Å². The van der Waals surface area contributed by atoms with E-state index in [4.69, 9.17) is 5.84 Å². The first-order chi connectivity index (χ1) is 8.52. The maximum absolute atomic E-state index is 5.39. The summed E-state index contributed by atoms with van der Waals surface area (Å²) in [5.41, 5.74) is 3.62. The van der Waals surface area contributed by atoms with Gasteiger partial charge in [-0.3, -0.25) is 5.43 Å². The summed E-state index contributed by atoms with van der Waals surface area (Å²) >= 11 is 0. The molecule has 3 N–H and O–H groups in total. The van der Waals surface area contributed by atoms with Crippen LogP contribution in [0.5, 0.6) is 0 Å². The highest BCUT2D eigenvalue weighted by atomic mass is 15.3. The van der Waals surface area contributed by atoms with E-state index in [9.17, 15) is 0 Å². The largest absolute Gasteiger partial charge is 0.353 e. The van der Waals surface area contributed by atoms with Crippen molar-refractivity contribution in [1.82, 2.24) is 9.97 Å². The van der Waals surface area contributed by atoms with Crippen LogP contribution in [-0.2, 0) is 0 Å². The minimum Gasteiger partial charge on any atom is -0.353 e. The van der Waals surface area contributed by atoms with Gasteiger partial charge in [-0.2, -0.15) is 4.98 Å². The van der Waals surface area contributed by atoms with E-state index in [1.165, 1.54) is 6.42 Å². The van der Waals surface area contributed by atoms with Gasteiger partial charge in [-0.05, 0) is 32.1 Å². The summed E-state index contributed by atoms with van der Waals surface area (Å²) in [4.78, 5) is 11.0. The molecule has 0 amide bonds. The molecule has 2 heterocycles. The summed E-state index contributed by atoms with van der Waals surface area (Å²) in [5, 5.41) is 0. The lowest BCUT2D eigenvalue weighted by atomic mass is 9.86. The number of hydrogen-bond acceptors (Lipinski definition) is 5. The number of nitrogens with two attached hydrogens (primary N) is 1. The molecule has 3 atom stereocenters. The van der Waals surface area contributed by atoms with Gasteiger partial charge < -0.3 is 4.90 Å². The van der Waals surface area contributed by atoms with Crippen LogP contribution in [0.2, 0.25) is 0 Å². The van der Waals surface area contributed by atoms with Gasteiger partial charge in [-0.25, -0.2) is 10.8 Å². The number of nitrogen functional groups attached to an aromatic ring is 1. The molecule has 1 aliphatic heterocycles. The molecule has 0 aliphatic carbocycles. The summed E-state index contributed by atoms with van der Waals surface area (Å²) in [5.74, 6) is 8.25. The first-order valence-electron chi connectivity index (χ1n) is 6.59. The molecule has 3 unspecified atom stereocenters. The third-order valence-corrected chi connectivity index (χ3v) is 3.94. The highest BCUT2D eigenvalue weighted by Gasteiger charge is 2.30. The zero-order chi connectivity index (χ0) is 13.3. The average Bonchev–Trinajstić information content (AvgIpc) is 2.34. The number of rotatable bonds is 2. The Kier molecular flexibility index (Phi) is 3.71. The summed E-state index contributed by atoms with van der Waals surface area (Å²) in [6.07, 6.45) is 3.11. The number of aromatic nitrogens is 2. The first kappa shape index (κ1) is 13.1. The Morgan fingerprint density at radius 3 is 2.78 bits per heavy atom. The number of nitrogens with one attached hydrogen (secondary N) is 1. The number of hydrazine groups is 1. The summed E-state index contributed by atoms with van der Waals surface area (Å²) in [6.45, 7) is 9.98. The fraction of sp³-hybridized carbons (Fsp3) is 0.692. The second-order valence-corrected chi connectivity index (χ2v) is 5.56. The number of nitrogens with zero attached hydrogens (tertiary/aromatic N) is 3. The van der Waals surface area contributed by atoms with Crippen LogP contribution < -0.4 is 16.2 Å². The van der Waals surface area contributed by atoms with Gasteiger partial charge in [-0.1, -0.05) is 13.8 Å². The molecule has 1 aromatic heterocycles. The van der Waals surface area contributed by atoms with E-state index in [0.29, 0.717) is 23.8 Å². The Labute approximate surface area is 109 Å². The molecule has 1 fully saturated rings. The lowest BCUT2D eigenvalue weighted by Gasteiger charge is -2.42. The van der Waals surface area contributed by atoms with Gasteiger partial charge in [0.1, 0.15) is 5.82 Å². The van der Waals surface area contributed by atoms with Crippen LogP contribution in [0, 0.1) is 18.8 Å². The van der Waals surface area contributed by atoms with Gasteiger partial charge in [0.25, 0.3) is 0 Å². The fourth-order valence-electron chi connectivity index (χ4n) is 2.79. The molecule has 0 spiro atoms. The summed E-state index contributed by atoms with van der Waals surface area (Å²) in [6, 6.07) is 0.500. The molecule has 0 saturated carbocycles. The van der Waals surface area contributed by atoms with Gasteiger partial charge in [0.2, 0.25) is 5.95 Å². The Balaban J connectivity index is 2.34. The Morgan fingerprint density at radius 2 is 2.11 bits per heavy atom. The number of anilines is 2. The van der Waals surface area contributed by atoms with Crippen molar-refractivity contribution in [3.05, 3.63) is 11.8 Å². The predicted octanol–water partition coefficient (Wildman–Crippen LogP) is 1.94. The second kappa shape index (κ2) is 5.10. The Hall–Kier alpha value is -1.36. The molecule has 2 rings (SSSR count). The Morgan fingerprint density at radius 1 is 1.39 bits per heavy atom. The summed E-state index contributed by atoms with van der Waals surface area (Å²) in [7, 11) is 0. The van der Waals surface area contributed by atoms with Crippen molar-refractivity contribution in [1.29, 1.82) is 0 Å². The van der Waals surface area contributed by atoms with Crippen molar-refractivity contribution in [2.45, 2.75) is 40.2 Å². The molecular weight excluding hydrogens is 226 g/mol. The molecule has 18 heavy (non-hydrogen) atoms. The average molecular weight is 249 g/mol. The molecule has 0 aromatic carbocycles. The van der Waals surface area contributed by atoms with Crippen molar-refractivity contribution in [2.24, 2.45) is 17.7 Å². The van der Waals surface area contributed by atoms with Crippen LogP contribution in [-0.4, -0.2) is 22.6 Å². The van der Waals surface area contributed by atoms with Crippen molar-refractivity contribution >= 4 is 11.8 Å². The monoisotopic (exact) mass is 249 g/mol. The SMILES string of the molecule is Cc1cnc(NN)nc1N1CC(C)CC(C)C1C. The van der Waals surface area contributed by atoms with Gasteiger partial charge >= 0.3 is 0 Å². The number of piperidine rings is 1. The highest BCUT2D eigenvalue weighted by Crippen LogP contribution is 2.31. The molecule has 1 aromatic rings. The van der Waals surface area contributed by atoms with E-state index < -0.39 is 0 Å². The maximum Gasteiger partial charge on any atom is 0.239 e. The number of hydrogen-bond donors (Lipinski definition) is 2. The van der Waals surface area contributed by atoms with Crippen LogP contribution in [0.1, 0.15) is 32.8 Å². The lowest BCUT2D eigenvalue weighted by molar-refractivity contribution is 0.295. The molecule has 5 nitrogen and oxygen atoms in total. The third kappa shape index (κ3) is 2.41. The topological polar surface area (TPSA) is 67.1 Å². The molecule has 1 aliphatic rings. The molecule has 5 heteroatoms. The number of aryl methyl sites for hydroxylation is 1. The van der Waals surface area contributed by atoms with Crippen LogP contribution in [0.15, 0.2) is 6.20 Å². The maximum atomic E-state index is 5.39. The normalized spacial score (nSPS) is 28.3. The lowest BCUT2D eigenvalue weighted by Crippen LogP contribution is -2.46. The zero-order valence-electron chi connectivity index (χ0n) is 11.6.